The minimum atomic E-state index is -0.0698. The summed E-state index contributed by atoms with van der Waals surface area (Å²) in [5, 5.41) is 9.95. The number of rotatable bonds is 4. The van der Waals surface area contributed by atoms with Gasteiger partial charge in [0, 0.05) is 28.0 Å². The first-order valence-corrected chi connectivity index (χ1v) is 6.90. The summed E-state index contributed by atoms with van der Waals surface area (Å²) >= 11 is 9.43. The Morgan fingerprint density at radius 2 is 2.16 bits per heavy atom. The molecule has 0 bridgehead atoms. The Kier molecular flexibility index (Phi) is 4.80. The average molecular weight is 343 g/mol. The highest BCUT2D eigenvalue weighted by Gasteiger charge is 2.09. The molecule has 2 rings (SSSR count). The van der Waals surface area contributed by atoms with Crippen molar-refractivity contribution >= 4 is 27.5 Å². The molecule has 0 spiro atoms. The monoisotopic (exact) mass is 341 g/mol. The number of benzene rings is 1. The molecule has 100 valence electrons. The summed E-state index contributed by atoms with van der Waals surface area (Å²) in [4.78, 5) is 3.93. The predicted molar refractivity (Wildman–Crippen MR) is 78.4 cm³/mol. The molecule has 0 fully saturated rings. The molecule has 0 saturated carbocycles. The van der Waals surface area contributed by atoms with E-state index < -0.39 is 0 Å². The molecule has 3 nitrogen and oxygen atoms in total. The minimum Gasteiger partial charge on any atom is -0.488 e. The molecule has 19 heavy (non-hydrogen) atoms. The van der Waals surface area contributed by atoms with Crippen LogP contribution in [0.3, 0.4) is 0 Å². The van der Waals surface area contributed by atoms with Crippen LogP contribution < -0.4 is 4.74 Å². The van der Waals surface area contributed by atoms with Gasteiger partial charge in [0.15, 0.2) is 0 Å². The van der Waals surface area contributed by atoms with E-state index >= 15 is 0 Å². The van der Waals surface area contributed by atoms with Crippen molar-refractivity contribution in [2.75, 3.05) is 0 Å². The molecule has 1 aromatic heterocycles. The van der Waals surface area contributed by atoms with E-state index in [1.54, 1.807) is 12.4 Å². The van der Waals surface area contributed by atoms with Gasteiger partial charge in [0.25, 0.3) is 0 Å². The molecule has 5 heteroatoms. The second-order valence-electron chi connectivity index (χ2n) is 4.12. The van der Waals surface area contributed by atoms with Crippen molar-refractivity contribution in [1.29, 1.82) is 0 Å². The van der Waals surface area contributed by atoms with Crippen LogP contribution in [-0.4, -0.2) is 10.1 Å². The lowest BCUT2D eigenvalue weighted by atomic mass is 10.1. The van der Waals surface area contributed by atoms with Crippen molar-refractivity contribution in [3.8, 4) is 5.75 Å². The Balaban J connectivity index is 2.22. The fourth-order valence-electron chi connectivity index (χ4n) is 1.79. The summed E-state index contributed by atoms with van der Waals surface area (Å²) in [6.07, 6.45) is 3.26. The standard InChI is InChI=1S/C14H13BrClNO2/c1-9-4-12(15)5-11(7-18)14(9)19-8-10-2-3-17-6-13(10)16/h2-6,18H,7-8H2,1H3. The molecular weight excluding hydrogens is 330 g/mol. The summed E-state index contributed by atoms with van der Waals surface area (Å²) in [7, 11) is 0. The van der Waals surface area contributed by atoms with Crippen LogP contribution in [0, 0.1) is 6.92 Å². The van der Waals surface area contributed by atoms with Gasteiger partial charge in [-0.05, 0) is 30.7 Å². The second-order valence-corrected chi connectivity index (χ2v) is 5.45. The van der Waals surface area contributed by atoms with Gasteiger partial charge in [0.2, 0.25) is 0 Å². The molecule has 2 aromatic rings. The molecule has 0 aliphatic rings. The quantitative estimate of drug-likeness (QED) is 0.917. The number of ether oxygens (including phenoxy) is 1. The smallest absolute Gasteiger partial charge is 0.128 e. The third kappa shape index (κ3) is 3.47. The largest absolute Gasteiger partial charge is 0.488 e. The summed E-state index contributed by atoms with van der Waals surface area (Å²) < 4.78 is 6.71. The first kappa shape index (κ1) is 14.3. The fourth-order valence-corrected chi connectivity index (χ4v) is 2.59. The number of aryl methyl sites for hydroxylation is 1. The molecule has 0 aliphatic carbocycles. The van der Waals surface area contributed by atoms with E-state index in [2.05, 4.69) is 20.9 Å². The van der Waals surface area contributed by atoms with E-state index in [1.165, 1.54) is 0 Å². The van der Waals surface area contributed by atoms with Crippen molar-refractivity contribution < 1.29 is 9.84 Å². The third-order valence-electron chi connectivity index (χ3n) is 2.72. The van der Waals surface area contributed by atoms with Crippen LogP contribution in [0.25, 0.3) is 0 Å². The molecule has 0 radical (unpaired) electrons. The first-order valence-electron chi connectivity index (χ1n) is 5.73. The first-order chi connectivity index (χ1) is 9.11. The van der Waals surface area contributed by atoms with Gasteiger partial charge in [-0.25, -0.2) is 0 Å². The zero-order valence-electron chi connectivity index (χ0n) is 10.4. The van der Waals surface area contributed by atoms with E-state index in [0.29, 0.717) is 17.4 Å². The van der Waals surface area contributed by atoms with Gasteiger partial charge in [-0.3, -0.25) is 4.98 Å². The highest BCUT2D eigenvalue weighted by atomic mass is 79.9. The number of hydrogen-bond donors (Lipinski definition) is 1. The van der Waals surface area contributed by atoms with Crippen LogP contribution in [0.5, 0.6) is 5.75 Å². The number of aromatic nitrogens is 1. The number of aliphatic hydroxyl groups is 1. The Morgan fingerprint density at radius 3 is 2.84 bits per heavy atom. The maximum absolute atomic E-state index is 9.38. The summed E-state index contributed by atoms with van der Waals surface area (Å²) in [5.41, 5.74) is 2.57. The number of aliphatic hydroxyl groups excluding tert-OH is 1. The van der Waals surface area contributed by atoms with Crippen molar-refractivity contribution in [3.05, 3.63) is 56.8 Å². The molecular formula is C14H13BrClNO2. The van der Waals surface area contributed by atoms with Crippen molar-refractivity contribution in [2.45, 2.75) is 20.1 Å². The minimum absolute atomic E-state index is 0.0698. The Bertz CT molecular complexity index is 590. The van der Waals surface area contributed by atoms with Gasteiger partial charge in [-0.15, -0.1) is 0 Å². The highest BCUT2D eigenvalue weighted by Crippen LogP contribution is 2.29. The summed E-state index contributed by atoms with van der Waals surface area (Å²) in [5.74, 6) is 0.693. The van der Waals surface area contributed by atoms with Gasteiger partial charge in [0.05, 0.1) is 11.6 Å². The number of pyridine rings is 1. The van der Waals surface area contributed by atoms with Crippen LogP contribution in [-0.2, 0) is 13.2 Å². The Hall–Kier alpha value is -1.10. The van der Waals surface area contributed by atoms with Crippen LogP contribution in [0.15, 0.2) is 35.1 Å². The van der Waals surface area contributed by atoms with Gasteiger partial charge in [0.1, 0.15) is 12.4 Å². The molecule has 0 aliphatic heterocycles. The molecule has 1 heterocycles. The number of hydrogen-bond acceptors (Lipinski definition) is 3. The number of nitrogens with zero attached hydrogens (tertiary/aromatic N) is 1. The van der Waals surface area contributed by atoms with E-state index in [9.17, 15) is 5.11 Å². The van der Waals surface area contributed by atoms with Crippen molar-refractivity contribution in [1.82, 2.24) is 4.98 Å². The molecule has 0 atom stereocenters. The van der Waals surface area contributed by atoms with Crippen molar-refractivity contribution in [3.63, 3.8) is 0 Å². The third-order valence-corrected chi connectivity index (χ3v) is 3.51. The Labute approximate surface area is 125 Å². The van der Waals surface area contributed by atoms with E-state index in [1.807, 2.05) is 25.1 Å². The van der Waals surface area contributed by atoms with E-state index in [4.69, 9.17) is 16.3 Å². The predicted octanol–water partition coefficient (Wildman–Crippen LogP) is 3.88. The zero-order chi connectivity index (χ0) is 13.8. The van der Waals surface area contributed by atoms with Gasteiger partial charge < -0.3 is 9.84 Å². The van der Waals surface area contributed by atoms with Gasteiger partial charge in [-0.2, -0.15) is 0 Å². The molecule has 0 saturated heterocycles. The topological polar surface area (TPSA) is 42.4 Å². The fraction of sp³-hybridized carbons (Fsp3) is 0.214. The molecule has 1 N–H and O–H groups in total. The summed E-state index contributed by atoms with van der Waals surface area (Å²) in [6, 6.07) is 5.61. The van der Waals surface area contributed by atoms with Gasteiger partial charge >= 0.3 is 0 Å². The van der Waals surface area contributed by atoms with Crippen LogP contribution in [0.1, 0.15) is 16.7 Å². The van der Waals surface area contributed by atoms with Gasteiger partial charge in [-0.1, -0.05) is 27.5 Å². The second kappa shape index (κ2) is 6.37. The zero-order valence-corrected chi connectivity index (χ0v) is 12.7. The lowest BCUT2D eigenvalue weighted by molar-refractivity contribution is 0.258. The van der Waals surface area contributed by atoms with Crippen molar-refractivity contribution in [2.24, 2.45) is 0 Å². The van der Waals surface area contributed by atoms with E-state index in [0.717, 1.165) is 21.2 Å². The average Bonchev–Trinajstić information content (AvgIpc) is 2.38. The van der Waals surface area contributed by atoms with Crippen LogP contribution in [0.4, 0.5) is 0 Å². The maximum Gasteiger partial charge on any atom is 0.128 e. The lowest BCUT2D eigenvalue weighted by Gasteiger charge is -2.14. The van der Waals surface area contributed by atoms with E-state index in [-0.39, 0.29) is 6.61 Å². The molecule has 0 unspecified atom stereocenters. The Morgan fingerprint density at radius 1 is 1.37 bits per heavy atom. The lowest BCUT2D eigenvalue weighted by Crippen LogP contribution is -2.01. The summed E-state index contributed by atoms with van der Waals surface area (Å²) in [6.45, 7) is 2.21. The maximum atomic E-state index is 9.38. The van der Waals surface area contributed by atoms with Crippen LogP contribution >= 0.6 is 27.5 Å². The molecule has 1 aromatic carbocycles. The SMILES string of the molecule is Cc1cc(Br)cc(CO)c1OCc1ccncc1Cl. The normalized spacial score (nSPS) is 10.5. The highest BCUT2D eigenvalue weighted by molar-refractivity contribution is 9.10. The van der Waals surface area contributed by atoms with Crippen LogP contribution in [0.2, 0.25) is 5.02 Å². The number of halogens is 2. The molecule has 0 amide bonds.